The molecule has 1 aromatic heterocycles. The fourth-order valence-corrected chi connectivity index (χ4v) is 4.13. The normalized spacial score (nSPS) is 16.3. The van der Waals surface area contributed by atoms with Crippen LogP contribution in [-0.4, -0.2) is 24.5 Å². The highest BCUT2D eigenvalue weighted by Crippen LogP contribution is 2.34. The molecule has 2 aromatic rings. The Hall–Kier alpha value is -0.970. The van der Waals surface area contributed by atoms with Gasteiger partial charge in [-0.25, -0.2) is 4.39 Å². The summed E-state index contributed by atoms with van der Waals surface area (Å²) in [5, 5.41) is 4.22. The number of rotatable bonds is 5. The number of fused-ring (bicyclic) bond motifs is 1. The molecule has 20 heavy (non-hydrogen) atoms. The molecule has 0 atom stereocenters. The monoisotopic (exact) mass is 292 g/mol. The Balaban J connectivity index is 1.99. The van der Waals surface area contributed by atoms with E-state index in [2.05, 4.69) is 17.1 Å². The van der Waals surface area contributed by atoms with Crippen molar-refractivity contribution < 1.29 is 4.39 Å². The second kappa shape index (κ2) is 6.20. The Morgan fingerprint density at radius 1 is 1.30 bits per heavy atom. The van der Waals surface area contributed by atoms with E-state index < -0.39 is 0 Å². The van der Waals surface area contributed by atoms with Crippen LogP contribution in [0.15, 0.2) is 18.2 Å². The number of benzene rings is 1. The van der Waals surface area contributed by atoms with Crippen LogP contribution in [0, 0.1) is 5.82 Å². The van der Waals surface area contributed by atoms with Crippen LogP contribution in [0.5, 0.6) is 0 Å². The van der Waals surface area contributed by atoms with Crippen molar-refractivity contribution in [1.82, 2.24) is 10.2 Å². The third kappa shape index (κ3) is 2.73. The van der Waals surface area contributed by atoms with Crippen molar-refractivity contribution >= 4 is 21.4 Å². The fraction of sp³-hybridized carbons (Fsp3) is 0.500. The summed E-state index contributed by atoms with van der Waals surface area (Å²) >= 11 is 1.73. The minimum absolute atomic E-state index is 0.0734. The van der Waals surface area contributed by atoms with Crippen molar-refractivity contribution in [3.8, 4) is 0 Å². The highest BCUT2D eigenvalue weighted by molar-refractivity contribution is 7.19. The predicted molar refractivity (Wildman–Crippen MR) is 83.7 cm³/mol. The molecule has 1 fully saturated rings. The maximum atomic E-state index is 14.2. The number of nitrogens with one attached hydrogen (secondary N) is 1. The molecular formula is C16H21FN2S. The maximum absolute atomic E-state index is 14.2. The number of thiophene rings is 1. The maximum Gasteiger partial charge on any atom is 0.132 e. The average molecular weight is 292 g/mol. The summed E-state index contributed by atoms with van der Waals surface area (Å²) < 4.78 is 15.3. The van der Waals surface area contributed by atoms with Gasteiger partial charge < -0.3 is 5.32 Å². The zero-order valence-electron chi connectivity index (χ0n) is 11.9. The van der Waals surface area contributed by atoms with Gasteiger partial charge in [0.05, 0.1) is 0 Å². The van der Waals surface area contributed by atoms with E-state index in [0.29, 0.717) is 0 Å². The van der Waals surface area contributed by atoms with Gasteiger partial charge in [-0.15, -0.1) is 11.3 Å². The summed E-state index contributed by atoms with van der Waals surface area (Å²) in [4.78, 5) is 3.74. The molecule has 108 valence electrons. The lowest BCUT2D eigenvalue weighted by atomic mass is 10.1. The topological polar surface area (TPSA) is 15.3 Å². The van der Waals surface area contributed by atoms with Gasteiger partial charge in [0, 0.05) is 28.1 Å². The van der Waals surface area contributed by atoms with Crippen LogP contribution in [0.3, 0.4) is 0 Å². The van der Waals surface area contributed by atoms with Crippen LogP contribution in [0.1, 0.15) is 30.2 Å². The summed E-state index contributed by atoms with van der Waals surface area (Å²) in [7, 11) is 0. The van der Waals surface area contributed by atoms with Gasteiger partial charge in [0.1, 0.15) is 5.82 Å². The first-order valence-electron chi connectivity index (χ1n) is 7.41. The lowest BCUT2D eigenvalue weighted by molar-refractivity contribution is 0.331. The third-order valence-corrected chi connectivity index (χ3v) is 5.16. The molecule has 0 unspecified atom stereocenters. The van der Waals surface area contributed by atoms with Gasteiger partial charge in [-0.2, -0.15) is 0 Å². The van der Waals surface area contributed by atoms with E-state index in [1.165, 1.54) is 23.3 Å². The van der Waals surface area contributed by atoms with Gasteiger partial charge in [-0.1, -0.05) is 13.0 Å². The Kier molecular flexibility index (Phi) is 4.34. The Labute approximate surface area is 123 Å². The van der Waals surface area contributed by atoms with Crippen LogP contribution < -0.4 is 5.32 Å². The number of likely N-dealkylation sites (tertiary alicyclic amines) is 1. The quantitative estimate of drug-likeness (QED) is 0.903. The first-order valence-corrected chi connectivity index (χ1v) is 8.23. The number of halogens is 1. The third-order valence-electron chi connectivity index (χ3n) is 3.96. The first-order chi connectivity index (χ1) is 9.79. The Morgan fingerprint density at radius 3 is 2.85 bits per heavy atom. The standard InChI is InChI=1S/C16H21FN2S/c1-2-18-10-15-12(11-19-8-3-4-9-19)16-13(17)6-5-7-14(16)20-15/h5-7,18H,2-4,8-11H2,1H3. The van der Waals surface area contributed by atoms with E-state index in [-0.39, 0.29) is 5.82 Å². The summed E-state index contributed by atoms with van der Waals surface area (Å²) in [5.41, 5.74) is 1.20. The van der Waals surface area contributed by atoms with Crippen LogP contribution in [0.25, 0.3) is 10.1 Å². The van der Waals surface area contributed by atoms with E-state index in [9.17, 15) is 4.39 Å². The van der Waals surface area contributed by atoms with Crippen molar-refractivity contribution in [3.05, 3.63) is 34.5 Å². The minimum atomic E-state index is -0.0734. The van der Waals surface area contributed by atoms with Gasteiger partial charge in [-0.3, -0.25) is 4.90 Å². The van der Waals surface area contributed by atoms with Gasteiger partial charge in [0.15, 0.2) is 0 Å². The predicted octanol–water partition coefficient (Wildman–Crippen LogP) is 3.75. The van der Waals surface area contributed by atoms with E-state index in [0.717, 1.165) is 42.8 Å². The molecule has 1 aromatic carbocycles. The summed E-state index contributed by atoms with van der Waals surface area (Å²) in [6, 6.07) is 5.43. The molecule has 4 heteroatoms. The molecule has 2 nitrogen and oxygen atoms in total. The number of hydrogen-bond acceptors (Lipinski definition) is 3. The Bertz CT molecular complexity index is 587. The van der Waals surface area contributed by atoms with Crippen LogP contribution >= 0.6 is 11.3 Å². The molecule has 3 rings (SSSR count). The second-order valence-electron chi connectivity index (χ2n) is 5.38. The molecule has 0 saturated carbocycles. The van der Waals surface area contributed by atoms with Crippen LogP contribution in [-0.2, 0) is 13.1 Å². The van der Waals surface area contributed by atoms with Crippen molar-refractivity contribution in [2.75, 3.05) is 19.6 Å². The molecule has 0 bridgehead atoms. The smallest absolute Gasteiger partial charge is 0.132 e. The van der Waals surface area contributed by atoms with Gasteiger partial charge in [-0.05, 0) is 50.2 Å². The molecule has 1 aliphatic heterocycles. The summed E-state index contributed by atoms with van der Waals surface area (Å²) in [6.45, 7) is 7.08. The molecule has 0 spiro atoms. The second-order valence-corrected chi connectivity index (χ2v) is 6.52. The number of hydrogen-bond donors (Lipinski definition) is 1. The summed E-state index contributed by atoms with van der Waals surface area (Å²) in [5.74, 6) is -0.0734. The lowest BCUT2D eigenvalue weighted by Crippen LogP contribution is -2.20. The van der Waals surface area contributed by atoms with Crippen molar-refractivity contribution in [2.45, 2.75) is 32.9 Å². The molecule has 0 amide bonds. The zero-order valence-corrected chi connectivity index (χ0v) is 12.7. The van der Waals surface area contributed by atoms with Crippen LogP contribution in [0.4, 0.5) is 4.39 Å². The van der Waals surface area contributed by atoms with E-state index in [4.69, 9.17) is 0 Å². The zero-order chi connectivity index (χ0) is 13.9. The Morgan fingerprint density at radius 2 is 2.10 bits per heavy atom. The SMILES string of the molecule is CCNCc1sc2cccc(F)c2c1CN1CCCC1. The van der Waals surface area contributed by atoms with Crippen molar-refractivity contribution in [3.63, 3.8) is 0 Å². The highest BCUT2D eigenvalue weighted by Gasteiger charge is 2.19. The molecule has 1 aliphatic rings. The number of nitrogens with zero attached hydrogens (tertiary/aromatic N) is 1. The fourth-order valence-electron chi connectivity index (χ4n) is 2.93. The van der Waals surface area contributed by atoms with Gasteiger partial charge >= 0.3 is 0 Å². The highest BCUT2D eigenvalue weighted by atomic mass is 32.1. The van der Waals surface area contributed by atoms with Crippen molar-refractivity contribution in [1.29, 1.82) is 0 Å². The van der Waals surface area contributed by atoms with E-state index >= 15 is 0 Å². The first kappa shape index (κ1) is 14.0. The minimum Gasteiger partial charge on any atom is -0.312 e. The molecule has 1 N–H and O–H groups in total. The average Bonchev–Trinajstić information content (AvgIpc) is 3.06. The molecule has 0 radical (unpaired) electrons. The largest absolute Gasteiger partial charge is 0.312 e. The van der Waals surface area contributed by atoms with Gasteiger partial charge in [0.25, 0.3) is 0 Å². The molecular weight excluding hydrogens is 271 g/mol. The van der Waals surface area contributed by atoms with E-state index in [1.807, 2.05) is 12.1 Å². The molecule has 1 saturated heterocycles. The van der Waals surface area contributed by atoms with Gasteiger partial charge in [0.2, 0.25) is 0 Å². The lowest BCUT2D eigenvalue weighted by Gasteiger charge is -2.16. The van der Waals surface area contributed by atoms with E-state index in [1.54, 1.807) is 17.4 Å². The summed E-state index contributed by atoms with van der Waals surface area (Å²) in [6.07, 6.45) is 2.54. The molecule has 0 aliphatic carbocycles. The molecule has 2 heterocycles. The van der Waals surface area contributed by atoms with Crippen molar-refractivity contribution in [2.24, 2.45) is 0 Å². The van der Waals surface area contributed by atoms with Crippen LogP contribution in [0.2, 0.25) is 0 Å².